The van der Waals surface area contributed by atoms with E-state index in [1.807, 2.05) is 0 Å². The van der Waals surface area contributed by atoms with E-state index in [1.54, 1.807) is 0 Å². The number of rotatable bonds is 2. The molecule has 11 aromatic rings. The molecule has 1 nitrogen and oxygen atoms in total. The fourth-order valence-electron chi connectivity index (χ4n) is 13.0. The first-order chi connectivity index (χ1) is 32.3. The van der Waals surface area contributed by atoms with Gasteiger partial charge in [-0.2, -0.15) is 0 Å². The van der Waals surface area contributed by atoms with Crippen molar-refractivity contribution in [3.8, 4) is 67.1 Å². The lowest BCUT2D eigenvalue weighted by molar-refractivity contribution is 0.438. The Labute approximate surface area is 377 Å². The third-order valence-corrected chi connectivity index (χ3v) is 15.4. The van der Waals surface area contributed by atoms with E-state index >= 15 is 0 Å². The lowest BCUT2D eigenvalue weighted by atomic mass is 9.65. The molecule has 4 aliphatic rings. The van der Waals surface area contributed by atoms with Gasteiger partial charge in [0.25, 0.3) is 0 Å². The smallest absolute Gasteiger partial charge is 0.140 e. The molecule has 65 heavy (non-hydrogen) atoms. The number of hydrogen-bond acceptors (Lipinski definition) is 1. The summed E-state index contributed by atoms with van der Waals surface area (Å²) >= 11 is 0. The molecule has 15 rings (SSSR count). The highest BCUT2D eigenvalue weighted by atomic mass is 16.5. The molecule has 1 heteroatoms. The van der Waals surface area contributed by atoms with Crippen LogP contribution in [0.25, 0.3) is 77.2 Å². The fraction of sp³-hybridized carbons (Fsp3) is 0.0312. The van der Waals surface area contributed by atoms with Gasteiger partial charge in [-0.25, -0.2) is 0 Å². The first-order valence-electron chi connectivity index (χ1n) is 22.8. The summed E-state index contributed by atoms with van der Waals surface area (Å²) in [6, 6.07) is 86.1. The van der Waals surface area contributed by atoms with Crippen LogP contribution >= 0.6 is 0 Å². The van der Waals surface area contributed by atoms with Gasteiger partial charge in [0.15, 0.2) is 0 Å². The standard InChI is InChI=1S/C64H38O/c1-2-17-42-39(16-1)33-37-57-61(42)51-23-8-12-28-55(51)64(57)54-27-11-7-22-48(54)49-34-32-40(38-59(49)64)41-35-36-45(44-19-4-3-18-43(41)44)50-24-15-30-58-62(50)65-60-31-14-13-29-56(60)63(58)52-25-9-5-20-46(52)47-21-6-10-26-53(47)63/h1-38H. The monoisotopic (exact) mass is 822 g/mol. The van der Waals surface area contributed by atoms with Crippen LogP contribution in [0, 0.1) is 0 Å². The number of para-hydroxylation sites is 2. The molecule has 0 N–H and O–H groups in total. The maximum absolute atomic E-state index is 7.16. The second-order valence-electron chi connectivity index (χ2n) is 18.1. The van der Waals surface area contributed by atoms with Gasteiger partial charge in [-0.3, -0.25) is 0 Å². The molecule has 0 radical (unpaired) electrons. The summed E-state index contributed by atoms with van der Waals surface area (Å²) in [4.78, 5) is 0. The van der Waals surface area contributed by atoms with Crippen LogP contribution in [0.3, 0.4) is 0 Å². The van der Waals surface area contributed by atoms with Crippen molar-refractivity contribution in [2.45, 2.75) is 10.8 Å². The summed E-state index contributed by atoms with van der Waals surface area (Å²) in [6.45, 7) is 0. The average Bonchev–Trinajstić information content (AvgIpc) is 3.96. The normalized spacial score (nSPS) is 16.0. The van der Waals surface area contributed by atoms with Gasteiger partial charge in [-0.1, -0.05) is 218 Å². The Hall–Kier alpha value is -8.26. The van der Waals surface area contributed by atoms with Crippen LogP contribution in [0.1, 0.15) is 44.5 Å². The van der Waals surface area contributed by atoms with Crippen molar-refractivity contribution in [3.05, 3.63) is 275 Å². The summed E-state index contributed by atoms with van der Waals surface area (Å²) in [5.41, 5.74) is 21.9. The Kier molecular flexibility index (Phi) is 6.88. The molecule has 0 amide bonds. The number of hydrogen-bond donors (Lipinski definition) is 0. The van der Waals surface area contributed by atoms with E-state index < -0.39 is 10.8 Å². The van der Waals surface area contributed by atoms with E-state index in [0.717, 1.165) is 22.6 Å². The van der Waals surface area contributed by atoms with Gasteiger partial charge in [-0.05, 0) is 117 Å². The third-order valence-electron chi connectivity index (χ3n) is 15.4. The van der Waals surface area contributed by atoms with E-state index in [2.05, 4.69) is 231 Å². The molecule has 3 aliphatic carbocycles. The van der Waals surface area contributed by atoms with Crippen molar-refractivity contribution in [1.29, 1.82) is 0 Å². The van der Waals surface area contributed by atoms with E-state index in [0.29, 0.717) is 0 Å². The molecule has 0 fully saturated rings. The predicted molar refractivity (Wildman–Crippen MR) is 266 cm³/mol. The zero-order valence-electron chi connectivity index (χ0n) is 35.3. The van der Waals surface area contributed by atoms with Crippen LogP contribution in [0.15, 0.2) is 231 Å². The van der Waals surface area contributed by atoms with E-state index in [-0.39, 0.29) is 0 Å². The molecule has 0 saturated carbocycles. The summed E-state index contributed by atoms with van der Waals surface area (Å²) < 4.78 is 7.16. The van der Waals surface area contributed by atoms with Gasteiger partial charge >= 0.3 is 0 Å². The minimum Gasteiger partial charge on any atom is -0.456 e. The lowest BCUT2D eigenvalue weighted by Crippen LogP contribution is -2.32. The average molecular weight is 823 g/mol. The molecular formula is C64H38O. The summed E-state index contributed by atoms with van der Waals surface area (Å²) in [7, 11) is 0. The van der Waals surface area contributed by atoms with Gasteiger partial charge in [0.2, 0.25) is 0 Å². The Morgan fingerprint density at radius 3 is 1.45 bits per heavy atom. The summed E-state index contributed by atoms with van der Waals surface area (Å²) in [5, 5.41) is 4.99. The van der Waals surface area contributed by atoms with Crippen LogP contribution < -0.4 is 4.74 Å². The van der Waals surface area contributed by atoms with Crippen LogP contribution in [-0.2, 0) is 10.8 Å². The molecular weight excluding hydrogens is 785 g/mol. The quantitative estimate of drug-likeness (QED) is 0.169. The molecule has 1 unspecified atom stereocenters. The molecule has 1 atom stereocenters. The molecule has 0 bridgehead atoms. The first-order valence-corrected chi connectivity index (χ1v) is 22.8. The molecule has 300 valence electrons. The number of benzene rings is 11. The third kappa shape index (κ3) is 4.29. The van der Waals surface area contributed by atoms with Gasteiger partial charge < -0.3 is 4.74 Å². The van der Waals surface area contributed by atoms with Crippen molar-refractivity contribution < 1.29 is 4.74 Å². The van der Waals surface area contributed by atoms with Crippen LogP contribution in [0.2, 0.25) is 0 Å². The maximum Gasteiger partial charge on any atom is 0.140 e. The second-order valence-corrected chi connectivity index (χ2v) is 18.1. The molecule has 0 saturated heterocycles. The second kappa shape index (κ2) is 12.7. The largest absolute Gasteiger partial charge is 0.456 e. The fourth-order valence-corrected chi connectivity index (χ4v) is 13.0. The van der Waals surface area contributed by atoms with Crippen LogP contribution in [0.4, 0.5) is 0 Å². The Morgan fingerprint density at radius 1 is 0.262 bits per heavy atom. The summed E-state index contributed by atoms with van der Waals surface area (Å²) in [6.07, 6.45) is 0. The SMILES string of the molecule is c1ccc2c(c1)Oc1c(-c3ccc(-c4ccc5c(c4)C4(c6ccccc6-5)c5ccccc5-c5c4ccc4ccccc54)c4ccccc34)cccc1C21c2ccccc2-c2ccccc21. The molecule has 11 aromatic carbocycles. The van der Waals surface area contributed by atoms with Crippen molar-refractivity contribution in [2.24, 2.45) is 0 Å². The zero-order chi connectivity index (χ0) is 42.4. The zero-order valence-corrected chi connectivity index (χ0v) is 35.3. The van der Waals surface area contributed by atoms with Crippen LogP contribution in [0.5, 0.6) is 11.5 Å². The van der Waals surface area contributed by atoms with Crippen molar-refractivity contribution >= 4 is 21.5 Å². The highest BCUT2D eigenvalue weighted by Crippen LogP contribution is 2.65. The van der Waals surface area contributed by atoms with E-state index in [1.165, 1.54) is 111 Å². The highest BCUT2D eigenvalue weighted by Gasteiger charge is 2.53. The van der Waals surface area contributed by atoms with Crippen molar-refractivity contribution in [1.82, 2.24) is 0 Å². The van der Waals surface area contributed by atoms with Gasteiger partial charge in [-0.15, -0.1) is 0 Å². The Bertz CT molecular complexity index is 3840. The number of ether oxygens (including phenoxy) is 1. The van der Waals surface area contributed by atoms with Gasteiger partial charge in [0, 0.05) is 16.7 Å². The van der Waals surface area contributed by atoms with Crippen LogP contribution in [-0.4, -0.2) is 0 Å². The number of fused-ring (bicyclic) bond motifs is 22. The molecule has 1 heterocycles. The van der Waals surface area contributed by atoms with Crippen molar-refractivity contribution in [3.63, 3.8) is 0 Å². The van der Waals surface area contributed by atoms with Crippen molar-refractivity contribution in [2.75, 3.05) is 0 Å². The Morgan fingerprint density at radius 2 is 0.738 bits per heavy atom. The lowest BCUT2D eigenvalue weighted by Gasteiger charge is -2.40. The van der Waals surface area contributed by atoms with E-state index in [4.69, 9.17) is 4.74 Å². The topological polar surface area (TPSA) is 9.23 Å². The van der Waals surface area contributed by atoms with Gasteiger partial charge in [0.05, 0.1) is 10.8 Å². The van der Waals surface area contributed by atoms with Gasteiger partial charge in [0.1, 0.15) is 11.5 Å². The van der Waals surface area contributed by atoms with E-state index in [9.17, 15) is 0 Å². The first kappa shape index (κ1) is 35.2. The predicted octanol–water partition coefficient (Wildman–Crippen LogP) is 16.1. The molecule has 1 aliphatic heterocycles. The highest BCUT2D eigenvalue weighted by molar-refractivity contribution is 6.09. The molecule has 0 aromatic heterocycles. The molecule has 2 spiro atoms. The summed E-state index contributed by atoms with van der Waals surface area (Å²) in [5.74, 6) is 1.81. The minimum atomic E-state index is -0.523. The maximum atomic E-state index is 7.16. The minimum absolute atomic E-state index is 0.447. The Balaban J connectivity index is 0.952.